The van der Waals surface area contributed by atoms with E-state index < -0.39 is 6.04 Å². The van der Waals surface area contributed by atoms with E-state index in [2.05, 4.69) is 21.2 Å². The lowest BCUT2D eigenvalue weighted by molar-refractivity contribution is -0.140. The highest BCUT2D eigenvalue weighted by molar-refractivity contribution is 9.10. The van der Waals surface area contributed by atoms with Gasteiger partial charge in [0.05, 0.1) is 0 Å². The Morgan fingerprint density at radius 3 is 2.50 bits per heavy atom. The van der Waals surface area contributed by atoms with Crippen LogP contribution in [0.3, 0.4) is 0 Å². The molecule has 2 amide bonds. The van der Waals surface area contributed by atoms with E-state index in [0.29, 0.717) is 23.7 Å². The van der Waals surface area contributed by atoms with Gasteiger partial charge in [0, 0.05) is 39.2 Å². The molecule has 2 rings (SSSR count). The summed E-state index contributed by atoms with van der Waals surface area (Å²) in [4.78, 5) is 28.5. The second kappa shape index (κ2) is 12.4. The topological polar surface area (TPSA) is 49.4 Å². The molecule has 0 aromatic heterocycles. The Kier molecular flexibility index (Phi) is 10.2. The molecule has 0 heterocycles. The molecule has 0 saturated carbocycles. The second-order valence-corrected chi connectivity index (χ2v) is 9.72. The van der Waals surface area contributed by atoms with Gasteiger partial charge in [-0.3, -0.25) is 9.59 Å². The molecule has 0 bridgehead atoms. The normalized spacial score (nSPS) is 12.8. The maximum Gasteiger partial charge on any atom is 0.242 e. The fraction of sp³-hybridized carbons (Fsp3) is 0.391. The van der Waals surface area contributed by atoms with Crippen LogP contribution >= 0.6 is 39.3 Å². The van der Waals surface area contributed by atoms with Gasteiger partial charge >= 0.3 is 0 Å². The Morgan fingerprint density at radius 2 is 1.87 bits per heavy atom. The number of benzene rings is 2. The highest BCUT2D eigenvalue weighted by Gasteiger charge is 2.26. The van der Waals surface area contributed by atoms with Crippen molar-refractivity contribution in [3.8, 4) is 0 Å². The van der Waals surface area contributed by atoms with Crippen LogP contribution in [0.15, 0.2) is 57.9 Å². The highest BCUT2D eigenvalue weighted by atomic mass is 79.9. The van der Waals surface area contributed by atoms with Gasteiger partial charge in [0.25, 0.3) is 0 Å². The average molecular weight is 512 g/mol. The predicted octanol–water partition coefficient (Wildman–Crippen LogP) is 5.92. The first-order valence-electron chi connectivity index (χ1n) is 10.0. The summed E-state index contributed by atoms with van der Waals surface area (Å²) in [5, 5.41) is 3.68. The Balaban J connectivity index is 2.07. The zero-order valence-corrected chi connectivity index (χ0v) is 20.7. The molecule has 0 aliphatic carbocycles. The summed E-state index contributed by atoms with van der Waals surface area (Å²) in [6, 6.07) is 14.9. The fourth-order valence-corrected chi connectivity index (χ4v) is 4.22. The summed E-state index contributed by atoms with van der Waals surface area (Å²) in [5.41, 5.74) is 0.978. The molecule has 0 radical (unpaired) electrons. The van der Waals surface area contributed by atoms with Crippen molar-refractivity contribution in [1.29, 1.82) is 0 Å². The molecule has 4 nitrogen and oxygen atoms in total. The number of nitrogens with one attached hydrogen (secondary N) is 1. The van der Waals surface area contributed by atoms with Crippen molar-refractivity contribution in [2.24, 2.45) is 0 Å². The number of nitrogens with zero attached hydrogens (tertiary/aromatic N) is 1. The van der Waals surface area contributed by atoms with E-state index in [-0.39, 0.29) is 17.9 Å². The van der Waals surface area contributed by atoms with Crippen LogP contribution in [0.1, 0.15) is 39.2 Å². The van der Waals surface area contributed by atoms with Crippen molar-refractivity contribution in [1.82, 2.24) is 10.2 Å². The lowest BCUT2D eigenvalue weighted by Crippen LogP contribution is -2.49. The number of rotatable bonds is 10. The Hall–Kier alpha value is -1.50. The van der Waals surface area contributed by atoms with E-state index in [9.17, 15) is 9.59 Å². The van der Waals surface area contributed by atoms with Crippen molar-refractivity contribution in [3.63, 3.8) is 0 Å². The van der Waals surface area contributed by atoms with Gasteiger partial charge in [-0.1, -0.05) is 46.6 Å². The summed E-state index contributed by atoms with van der Waals surface area (Å²) in [6.45, 7) is 6.17. The number of amides is 2. The van der Waals surface area contributed by atoms with Crippen LogP contribution in [0, 0.1) is 0 Å². The largest absolute Gasteiger partial charge is 0.352 e. The van der Waals surface area contributed by atoms with Gasteiger partial charge in [0.2, 0.25) is 11.8 Å². The monoisotopic (exact) mass is 510 g/mol. The maximum atomic E-state index is 13.1. The van der Waals surface area contributed by atoms with Crippen LogP contribution in [-0.4, -0.2) is 34.6 Å². The third kappa shape index (κ3) is 7.97. The van der Waals surface area contributed by atoms with Crippen molar-refractivity contribution < 1.29 is 9.59 Å². The molecular formula is C23H28BrClN2O2S. The smallest absolute Gasteiger partial charge is 0.242 e. The molecule has 2 aromatic rings. The lowest BCUT2D eigenvalue weighted by atomic mass is 10.1. The van der Waals surface area contributed by atoms with Gasteiger partial charge in [0.15, 0.2) is 0 Å². The fourth-order valence-electron chi connectivity index (χ4n) is 2.81. The zero-order valence-electron chi connectivity index (χ0n) is 17.5. The van der Waals surface area contributed by atoms with E-state index in [1.54, 1.807) is 23.6 Å². The van der Waals surface area contributed by atoms with Gasteiger partial charge in [-0.05, 0) is 62.2 Å². The van der Waals surface area contributed by atoms with Crippen LogP contribution in [0.5, 0.6) is 0 Å². The summed E-state index contributed by atoms with van der Waals surface area (Å²) < 4.78 is 0.947. The molecule has 0 spiro atoms. The lowest BCUT2D eigenvalue weighted by Gasteiger charge is -2.29. The third-order valence-electron chi connectivity index (χ3n) is 4.81. The Bertz CT molecular complexity index is 847. The minimum Gasteiger partial charge on any atom is -0.352 e. The SMILES string of the molecule is CC[C@H](C)NC(=O)[C@@H](C)N(Cc1cccc(Br)c1)C(=O)CCSc1ccc(Cl)cc1. The molecule has 162 valence electrons. The Labute approximate surface area is 196 Å². The first-order chi connectivity index (χ1) is 14.3. The van der Waals surface area contributed by atoms with Gasteiger partial charge in [-0.25, -0.2) is 0 Å². The van der Waals surface area contributed by atoms with Gasteiger partial charge < -0.3 is 10.2 Å². The van der Waals surface area contributed by atoms with Crippen molar-refractivity contribution in [2.45, 2.75) is 57.1 Å². The number of hydrogen-bond donors (Lipinski definition) is 1. The minimum absolute atomic E-state index is 0.0387. The van der Waals surface area contributed by atoms with Crippen molar-refractivity contribution >= 4 is 51.1 Å². The van der Waals surface area contributed by atoms with E-state index >= 15 is 0 Å². The average Bonchev–Trinajstić information content (AvgIpc) is 2.72. The molecule has 0 unspecified atom stereocenters. The van der Waals surface area contributed by atoms with Crippen molar-refractivity contribution in [3.05, 3.63) is 63.6 Å². The molecule has 7 heteroatoms. The summed E-state index contributed by atoms with van der Waals surface area (Å²) in [5.74, 6) is 0.469. The van der Waals surface area contributed by atoms with Gasteiger partial charge in [0.1, 0.15) is 6.04 Å². The molecule has 0 fully saturated rings. The molecule has 0 aliphatic rings. The highest BCUT2D eigenvalue weighted by Crippen LogP contribution is 2.22. The number of thioether (sulfide) groups is 1. The van der Waals surface area contributed by atoms with E-state index in [1.165, 1.54) is 0 Å². The Morgan fingerprint density at radius 1 is 1.17 bits per heavy atom. The quantitative estimate of drug-likeness (QED) is 0.403. The minimum atomic E-state index is -0.550. The molecule has 1 N–H and O–H groups in total. The van der Waals surface area contributed by atoms with E-state index in [0.717, 1.165) is 21.4 Å². The molecule has 2 aromatic carbocycles. The molecule has 0 aliphatic heterocycles. The van der Waals surface area contributed by atoms with Crippen LogP contribution < -0.4 is 5.32 Å². The predicted molar refractivity (Wildman–Crippen MR) is 129 cm³/mol. The molecule has 30 heavy (non-hydrogen) atoms. The van der Waals surface area contributed by atoms with Crippen LogP contribution in [0.2, 0.25) is 5.02 Å². The molecule has 0 saturated heterocycles. The molecular weight excluding hydrogens is 484 g/mol. The van der Waals surface area contributed by atoms with Crippen LogP contribution in [0.4, 0.5) is 0 Å². The summed E-state index contributed by atoms with van der Waals surface area (Å²) in [7, 11) is 0. The second-order valence-electron chi connectivity index (χ2n) is 7.20. The number of hydrogen-bond acceptors (Lipinski definition) is 3. The first-order valence-corrected chi connectivity index (χ1v) is 12.2. The molecule has 2 atom stereocenters. The van der Waals surface area contributed by atoms with Crippen molar-refractivity contribution in [2.75, 3.05) is 5.75 Å². The maximum absolute atomic E-state index is 13.1. The number of carbonyl (C=O) groups is 2. The number of carbonyl (C=O) groups excluding carboxylic acids is 2. The van der Waals surface area contributed by atoms with E-state index in [4.69, 9.17) is 11.6 Å². The van der Waals surface area contributed by atoms with Crippen LogP contribution in [-0.2, 0) is 16.1 Å². The van der Waals surface area contributed by atoms with E-state index in [1.807, 2.05) is 62.4 Å². The number of halogens is 2. The first kappa shape index (κ1) is 24.8. The van der Waals surface area contributed by atoms with Gasteiger partial charge in [-0.15, -0.1) is 11.8 Å². The van der Waals surface area contributed by atoms with Gasteiger partial charge in [-0.2, -0.15) is 0 Å². The van der Waals surface area contributed by atoms with Crippen LogP contribution in [0.25, 0.3) is 0 Å². The zero-order chi connectivity index (χ0) is 22.1. The summed E-state index contributed by atoms with van der Waals surface area (Å²) in [6.07, 6.45) is 1.19. The summed E-state index contributed by atoms with van der Waals surface area (Å²) >= 11 is 11.0. The standard InChI is InChI=1S/C23H28BrClN2O2S/c1-4-16(2)26-23(29)17(3)27(15-18-6-5-7-19(24)14-18)22(28)12-13-30-21-10-8-20(25)9-11-21/h5-11,14,16-17H,4,12-13,15H2,1-3H3,(H,26,29)/t16-,17+/m0/s1. The third-order valence-corrected chi connectivity index (χ3v) is 6.57.